The topological polar surface area (TPSA) is 87.6 Å². The van der Waals surface area contributed by atoms with Gasteiger partial charge in [0.1, 0.15) is 4.90 Å². The Morgan fingerprint density at radius 3 is 2.77 bits per heavy atom. The average molecular weight is 360 g/mol. The highest BCUT2D eigenvalue weighted by molar-refractivity contribution is 8.14. The molecule has 6 nitrogen and oxygen atoms in total. The molecule has 2 aliphatic rings. The quantitative estimate of drug-likeness (QED) is 0.855. The van der Waals surface area contributed by atoms with Crippen LogP contribution < -0.4 is 10.0 Å². The summed E-state index contributed by atoms with van der Waals surface area (Å²) in [5, 5.41) is 3.31. The number of nitrogens with zero attached hydrogens (tertiary/aromatic N) is 1. The number of halogens is 1. The van der Waals surface area contributed by atoms with E-state index < -0.39 is 15.9 Å². The summed E-state index contributed by atoms with van der Waals surface area (Å²) in [4.78, 5) is 16.2. The smallest absolute Gasteiger partial charge is 0.257 e. The SMILES string of the molecule is O=C(NC1=NCCS1)c1ccc(Cl)c(S(=O)(=O)NC2CC2)c1. The first-order chi connectivity index (χ1) is 10.5. The molecule has 1 aliphatic heterocycles. The molecule has 0 spiro atoms. The zero-order valence-corrected chi connectivity index (χ0v) is 13.9. The Morgan fingerprint density at radius 2 is 2.14 bits per heavy atom. The second kappa shape index (κ2) is 6.19. The van der Waals surface area contributed by atoms with Crippen LogP contribution in [0.4, 0.5) is 0 Å². The van der Waals surface area contributed by atoms with E-state index in [9.17, 15) is 13.2 Å². The molecule has 1 heterocycles. The Kier molecular flexibility index (Phi) is 4.44. The van der Waals surface area contributed by atoms with Gasteiger partial charge in [0.25, 0.3) is 5.91 Å². The molecule has 0 radical (unpaired) electrons. The first-order valence-electron chi connectivity index (χ1n) is 6.76. The van der Waals surface area contributed by atoms with Crippen LogP contribution >= 0.6 is 23.4 Å². The Bertz CT molecular complexity index is 745. The van der Waals surface area contributed by atoms with Gasteiger partial charge in [-0.1, -0.05) is 23.4 Å². The van der Waals surface area contributed by atoms with E-state index in [1.54, 1.807) is 0 Å². The van der Waals surface area contributed by atoms with Crippen LogP contribution in [-0.4, -0.2) is 37.8 Å². The molecule has 1 aromatic carbocycles. The van der Waals surface area contributed by atoms with Crippen LogP contribution in [0.1, 0.15) is 23.2 Å². The Balaban J connectivity index is 1.83. The van der Waals surface area contributed by atoms with Crippen molar-refractivity contribution in [2.45, 2.75) is 23.8 Å². The summed E-state index contributed by atoms with van der Waals surface area (Å²) >= 11 is 7.44. The minimum absolute atomic E-state index is 0.0252. The normalized spacial score (nSPS) is 18.1. The molecule has 118 valence electrons. The van der Waals surface area contributed by atoms with Crippen LogP contribution in [0.25, 0.3) is 0 Å². The van der Waals surface area contributed by atoms with Gasteiger partial charge >= 0.3 is 0 Å². The summed E-state index contributed by atoms with van der Waals surface area (Å²) in [7, 11) is -3.71. The largest absolute Gasteiger partial charge is 0.301 e. The van der Waals surface area contributed by atoms with E-state index in [0.29, 0.717) is 11.7 Å². The summed E-state index contributed by atoms with van der Waals surface area (Å²) < 4.78 is 27.1. The molecule has 1 saturated carbocycles. The maximum absolute atomic E-state index is 12.3. The lowest BCUT2D eigenvalue weighted by Crippen LogP contribution is -2.29. The Labute approximate surface area is 137 Å². The van der Waals surface area contributed by atoms with Crippen LogP contribution in [0.3, 0.4) is 0 Å². The zero-order chi connectivity index (χ0) is 15.7. The molecule has 0 unspecified atom stereocenters. The summed E-state index contributed by atoms with van der Waals surface area (Å²) in [5.74, 6) is 0.439. The fourth-order valence-electron chi connectivity index (χ4n) is 1.91. The fraction of sp³-hybridized carbons (Fsp3) is 0.385. The molecular formula is C13H14ClN3O3S2. The maximum atomic E-state index is 12.3. The third-order valence-electron chi connectivity index (χ3n) is 3.19. The van der Waals surface area contributed by atoms with E-state index in [2.05, 4.69) is 15.0 Å². The van der Waals surface area contributed by atoms with Gasteiger partial charge in [-0.25, -0.2) is 13.1 Å². The molecule has 9 heteroatoms. The second-order valence-corrected chi connectivity index (χ2v) is 8.20. The molecule has 0 atom stereocenters. The van der Waals surface area contributed by atoms with Crippen LogP contribution in [0.15, 0.2) is 28.1 Å². The lowest BCUT2D eigenvalue weighted by atomic mass is 10.2. The molecule has 22 heavy (non-hydrogen) atoms. The van der Waals surface area contributed by atoms with Crippen molar-refractivity contribution in [1.82, 2.24) is 10.0 Å². The van der Waals surface area contributed by atoms with E-state index in [4.69, 9.17) is 11.6 Å². The van der Waals surface area contributed by atoms with Gasteiger partial charge in [-0.15, -0.1) is 0 Å². The first kappa shape index (κ1) is 15.8. The number of benzene rings is 1. The number of sulfonamides is 1. The van der Waals surface area contributed by atoms with Crippen molar-refractivity contribution in [3.8, 4) is 0 Å². The first-order valence-corrected chi connectivity index (χ1v) is 9.61. The molecule has 0 aromatic heterocycles. The van der Waals surface area contributed by atoms with Crippen LogP contribution in [0, 0.1) is 0 Å². The number of hydrogen-bond donors (Lipinski definition) is 2. The maximum Gasteiger partial charge on any atom is 0.257 e. The van der Waals surface area contributed by atoms with Crippen molar-refractivity contribution in [3.05, 3.63) is 28.8 Å². The molecule has 1 aromatic rings. The number of rotatable bonds is 4. The van der Waals surface area contributed by atoms with Crippen molar-refractivity contribution in [2.75, 3.05) is 12.3 Å². The number of carbonyl (C=O) groups is 1. The minimum Gasteiger partial charge on any atom is -0.301 e. The number of aliphatic imine (C=N–C) groups is 1. The predicted molar refractivity (Wildman–Crippen MR) is 87.0 cm³/mol. The van der Waals surface area contributed by atoms with Crippen molar-refractivity contribution >= 4 is 44.5 Å². The highest BCUT2D eigenvalue weighted by Crippen LogP contribution is 2.27. The van der Waals surface area contributed by atoms with Gasteiger partial charge in [-0.05, 0) is 31.0 Å². The third kappa shape index (κ3) is 3.62. The van der Waals surface area contributed by atoms with Crippen LogP contribution in [-0.2, 0) is 10.0 Å². The molecule has 1 amide bonds. The number of amides is 1. The van der Waals surface area contributed by atoms with E-state index >= 15 is 0 Å². The Hall–Kier alpha value is -1.09. The number of hydrogen-bond acceptors (Lipinski definition) is 5. The molecule has 2 N–H and O–H groups in total. The highest BCUT2D eigenvalue weighted by atomic mass is 35.5. The van der Waals surface area contributed by atoms with Gasteiger partial charge in [-0.3, -0.25) is 9.79 Å². The molecule has 0 saturated heterocycles. The fourth-order valence-corrected chi connectivity index (χ4v) is 4.47. The van der Waals surface area contributed by atoms with Crippen LogP contribution in [0.5, 0.6) is 0 Å². The summed E-state index contributed by atoms with van der Waals surface area (Å²) in [6.07, 6.45) is 1.65. The average Bonchev–Trinajstić information content (AvgIpc) is 3.11. The number of carbonyl (C=O) groups excluding carboxylic acids is 1. The van der Waals surface area contributed by atoms with Crippen molar-refractivity contribution in [2.24, 2.45) is 4.99 Å². The van der Waals surface area contributed by atoms with Gasteiger partial charge in [-0.2, -0.15) is 0 Å². The van der Waals surface area contributed by atoms with Crippen LogP contribution in [0.2, 0.25) is 5.02 Å². The monoisotopic (exact) mass is 359 g/mol. The van der Waals surface area contributed by atoms with Crippen molar-refractivity contribution in [1.29, 1.82) is 0 Å². The van der Waals surface area contributed by atoms with Gasteiger partial charge in [0.2, 0.25) is 10.0 Å². The molecular weight excluding hydrogens is 346 g/mol. The van der Waals surface area contributed by atoms with Crippen molar-refractivity contribution < 1.29 is 13.2 Å². The molecule has 1 fully saturated rings. The summed E-state index contributed by atoms with van der Waals surface area (Å²) in [6, 6.07) is 4.18. The lowest BCUT2D eigenvalue weighted by molar-refractivity contribution is 0.0978. The van der Waals surface area contributed by atoms with E-state index in [0.717, 1.165) is 18.6 Å². The van der Waals surface area contributed by atoms with Gasteiger partial charge in [0, 0.05) is 17.4 Å². The number of nitrogens with one attached hydrogen (secondary N) is 2. The molecule has 1 aliphatic carbocycles. The standard InChI is InChI=1S/C13H14ClN3O3S2/c14-10-4-1-8(12(18)16-13-15-5-6-21-13)7-11(10)22(19,20)17-9-2-3-9/h1,4,7,9,17H,2-3,5-6H2,(H,15,16,18). The zero-order valence-electron chi connectivity index (χ0n) is 11.5. The minimum atomic E-state index is -3.71. The van der Waals surface area contributed by atoms with E-state index in [-0.39, 0.29) is 21.5 Å². The highest BCUT2D eigenvalue weighted by Gasteiger charge is 2.29. The number of amidine groups is 1. The Morgan fingerprint density at radius 1 is 1.36 bits per heavy atom. The van der Waals surface area contributed by atoms with Gasteiger partial charge < -0.3 is 5.32 Å². The second-order valence-electron chi connectivity index (χ2n) is 5.03. The van der Waals surface area contributed by atoms with Crippen molar-refractivity contribution in [3.63, 3.8) is 0 Å². The lowest BCUT2D eigenvalue weighted by Gasteiger charge is -2.10. The van der Waals surface area contributed by atoms with Gasteiger partial charge in [0.05, 0.1) is 11.6 Å². The van der Waals surface area contributed by atoms with E-state index in [1.165, 1.54) is 30.0 Å². The van der Waals surface area contributed by atoms with Gasteiger partial charge in [0.15, 0.2) is 5.17 Å². The predicted octanol–water partition coefficient (Wildman–Crippen LogP) is 1.61. The number of thioether (sulfide) groups is 1. The summed E-state index contributed by atoms with van der Waals surface area (Å²) in [5.41, 5.74) is 0.232. The molecule has 3 rings (SSSR count). The van der Waals surface area contributed by atoms with E-state index in [1.807, 2.05) is 0 Å². The third-order valence-corrected chi connectivity index (χ3v) is 6.08. The summed E-state index contributed by atoms with van der Waals surface area (Å²) in [6.45, 7) is 0.672. The molecule has 0 bridgehead atoms.